The highest BCUT2D eigenvalue weighted by Gasteiger charge is 2.65. The zero-order valence-electron chi connectivity index (χ0n) is 21.1. The fraction of sp³-hybridized carbons (Fsp3) is 0.385. The fourth-order valence-electron chi connectivity index (χ4n) is 6.23. The summed E-state index contributed by atoms with van der Waals surface area (Å²) in [4.78, 5) is 13.5. The smallest absolute Gasteiger partial charge is 0.218 e. The van der Waals surface area contributed by atoms with Gasteiger partial charge in [0, 0.05) is 12.5 Å². The van der Waals surface area contributed by atoms with Gasteiger partial charge in [0.05, 0.1) is 40.4 Å². The lowest BCUT2D eigenvalue weighted by molar-refractivity contribution is 0.243. The van der Waals surface area contributed by atoms with Crippen molar-refractivity contribution in [3.8, 4) is 22.9 Å². The van der Waals surface area contributed by atoms with Gasteiger partial charge in [0.1, 0.15) is 27.8 Å². The highest BCUT2D eigenvalue weighted by Crippen LogP contribution is 2.69. The molecule has 2 bridgehead atoms. The van der Waals surface area contributed by atoms with Gasteiger partial charge in [0.2, 0.25) is 5.82 Å². The normalized spacial score (nSPS) is 21.6. The standard InChI is InChI=1S/C26H25F2N7O2S/c1-25(2)16-7-9-26(25,22-15(16)13-19(32-33-22)21-17(27)5-4-6-18(21)28)20-8-10-29-23(31-20)24-30-14-35(34-24)11-12-38(3,36)37/h4-6,8,10,13-14,16H,7,9,11-12H2,1-3H3/t16-,26+/m0/s1. The summed E-state index contributed by atoms with van der Waals surface area (Å²) in [5, 5.41) is 13.2. The third kappa shape index (κ3) is 3.64. The van der Waals surface area contributed by atoms with Crippen molar-refractivity contribution in [2.24, 2.45) is 5.41 Å². The topological polar surface area (TPSA) is 116 Å². The number of aromatic nitrogens is 7. The van der Waals surface area contributed by atoms with Crippen LogP contribution in [-0.2, 0) is 21.8 Å². The van der Waals surface area contributed by atoms with Crippen molar-refractivity contribution in [1.82, 2.24) is 34.9 Å². The lowest BCUT2D eigenvalue weighted by Gasteiger charge is -2.37. The first-order valence-corrected chi connectivity index (χ1v) is 14.3. The molecule has 0 unspecified atom stereocenters. The van der Waals surface area contributed by atoms with Crippen LogP contribution in [0, 0.1) is 17.0 Å². The molecule has 12 heteroatoms. The first-order valence-electron chi connectivity index (χ1n) is 12.2. The highest BCUT2D eigenvalue weighted by atomic mass is 32.2. The average molecular weight is 538 g/mol. The predicted molar refractivity (Wildman–Crippen MR) is 135 cm³/mol. The second kappa shape index (κ2) is 8.42. The summed E-state index contributed by atoms with van der Waals surface area (Å²) < 4.78 is 53.5. The van der Waals surface area contributed by atoms with E-state index in [1.54, 1.807) is 12.3 Å². The highest BCUT2D eigenvalue weighted by molar-refractivity contribution is 7.90. The molecule has 0 N–H and O–H groups in total. The van der Waals surface area contributed by atoms with E-state index in [1.807, 2.05) is 6.07 Å². The molecule has 9 nitrogen and oxygen atoms in total. The molecule has 0 amide bonds. The van der Waals surface area contributed by atoms with E-state index in [1.165, 1.54) is 35.5 Å². The van der Waals surface area contributed by atoms with Crippen LogP contribution in [0.25, 0.3) is 22.9 Å². The molecule has 6 rings (SSSR count). The molecule has 0 aliphatic heterocycles. The molecule has 1 saturated carbocycles. The van der Waals surface area contributed by atoms with Gasteiger partial charge >= 0.3 is 0 Å². The second-order valence-corrected chi connectivity index (χ2v) is 12.8. The SMILES string of the molecule is CC1(C)[C@H]2CC[C@@]1(c1ccnc(-c3ncn(CCS(C)(=O)=O)n3)n1)c1nnc(-c3c(F)cccc3F)cc12. The molecule has 2 aliphatic carbocycles. The summed E-state index contributed by atoms with van der Waals surface area (Å²) in [6.07, 6.45) is 5.94. The van der Waals surface area contributed by atoms with Crippen molar-refractivity contribution in [3.63, 3.8) is 0 Å². The molecule has 1 aromatic carbocycles. The van der Waals surface area contributed by atoms with Crippen LogP contribution < -0.4 is 0 Å². The Morgan fingerprint density at radius 1 is 1.08 bits per heavy atom. The Morgan fingerprint density at radius 2 is 1.84 bits per heavy atom. The van der Waals surface area contributed by atoms with E-state index in [9.17, 15) is 17.2 Å². The Bertz CT molecular complexity index is 1670. The molecule has 0 radical (unpaired) electrons. The summed E-state index contributed by atoms with van der Waals surface area (Å²) >= 11 is 0. The number of rotatable bonds is 6. The molecular weight excluding hydrogens is 512 g/mol. The van der Waals surface area contributed by atoms with Crippen molar-refractivity contribution < 1.29 is 17.2 Å². The minimum atomic E-state index is -3.14. The van der Waals surface area contributed by atoms with Crippen LogP contribution in [0.15, 0.2) is 42.9 Å². The van der Waals surface area contributed by atoms with Crippen LogP contribution in [0.5, 0.6) is 0 Å². The van der Waals surface area contributed by atoms with E-state index < -0.39 is 26.9 Å². The Hall–Kier alpha value is -3.67. The molecule has 0 saturated heterocycles. The van der Waals surface area contributed by atoms with E-state index in [4.69, 9.17) is 4.98 Å². The van der Waals surface area contributed by atoms with Gasteiger partial charge in [-0.2, -0.15) is 5.10 Å². The molecule has 38 heavy (non-hydrogen) atoms. The van der Waals surface area contributed by atoms with Gasteiger partial charge in [0.25, 0.3) is 0 Å². The largest absolute Gasteiger partial charge is 0.251 e. The fourth-order valence-corrected chi connectivity index (χ4v) is 6.74. The predicted octanol–water partition coefficient (Wildman–Crippen LogP) is 3.72. The van der Waals surface area contributed by atoms with Crippen molar-refractivity contribution in [2.75, 3.05) is 12.0 Å². The van der Waals surface area contributed by atoms with Crippen LogP contribution in [0.4, 0.5) is 8.78 Å². The number of halogens is 2. The van der Waals surface area contributed by atoms with Crippen LogP contribution >= 0.6 is 0 Å². The number of benzene rings is 1. The van der Waals surface area contributed by atoms with E-state index in [0.29, 0.717) is 11.6 Å². The van der Waals surface area contributed by atoms with Crippen molar-refractivity contribution in [3.05, 3.63) is 71.4 Å². The Labute approximate surface area is 218 Å². The lowest BCUT2D eigenvalue weighted by atomic mass is 9.66. The molecule has 2 aliphatic rings. The van der Waals surface area contributed by atoms with Crippen LogP contribution in [0.3, 0.4) is 0 Å². The first kappa shape index (κ1) is 24.7. The third-order valence-electron chi connectivity index (χ3n) is 8.12. The van der Waals surface area contributed by atoms with E-state index >= 15 is 0 Å². The quantitative estimate of drug-likeness (QED) is 0.365. The number of hydrogen-bond acceptors (Lipinski definition) is 8. The molecule has 196 valence electrons. The lowest BCUT2D eigenvalue weighted by Crippen LogP contribution is -2.38. The van der Waals surface area contributed by atoms with E-state index in [0.717, 1.165) is 29.8 Å². The van der Waals surface area contributed by atoms with Gasteiger partial charge in [-0.3, -0.25) is 4.68 Å². The average Bonchev–Trinajstić information content (AvgIpc) is 3.50. The van der Waals surface area contributed by atoms with Gasteiger partial charge in [-0.05, 0) is 54.0 Å². The van der Waals surface area contributed by atoms with Crippen molar-refractivity contribution in [2.45, 2.75) is 44.6 Å². The third-order valence-corrected chi connectivity index (χ3v) is 9.05. The Morgan fingerprint density at radius 3 is 2.58 bits per heavy atom. The molecule has 4 aromatic rings. The summed E-state index contributed by atoms with van der Waals surface area (Å²) in [7, 11) is -3.14. The molecular formula is C26H25F2N7O2S. The van der Waals surface area contributed by atoms with Gasteiger partial charge < -0.3 is 0 Å². The molecule has 1 fully saturated rings. The van der Waals surface area contributed by atoms with Gasteiger partial charge in [-0.1, -0.05) is 19.9 Å². The van der Waals surface area contributed by atoms with Crippen LogP contribution in [0.1, 0.15) is 49.6 Å². The zero-order chi connectivity index (χ0) is 26.9. The zero-order valence-corrected chi connectivity index (χ0v) is 21.9. The van der Waals surface area contributed by atoms with Gasteiger partial charge in [0.15, 0.2) is 5.82 Å². The van der Waals surface area contributed by atoms with Crippen LogP contribution in [-0.4, -0.2) is 55.4 Å². The molecule has 0 spiro atoms. The maximum Gasteiger partial charge on any atom is 0.218 e. The van der Waals surface area contributed by atoms with Crippen molar-refractivity contribution in [1.29, 1.82) is 0 Å². The molecule has 2 atom stereocenters. The monoisotopic (exact) mass is 537 g/mol. The summed E-state index contributed by atoms with van der Waals surface area (Å²) in [6.45, 7) is 4.50. The Balaban J connectivity index is 1.41. The minimum Gasteiger partial charge on any atom is -0.251 e. The first-order chi connectivity index (χ1) is 18.0. The molecule has 3 heterocycles. The number of aryl methyl sites for hydroxylation is 1. The number of nitrogens with zero attached hydrogens (tertiary/aromatic N) is 7. The number of hydrogen-bond donors (Lipinski definition) is 0. The summed E-state index contributed by atoms with van der Waals surface area (Å²) in [6, 6.07) is 7.37. The second-order valence-electron chi connectivity index (χ2n) is 10.6. The van der Waals surface area contributed by atoms with Gasteiger partial charge in [-0.15, -0.1) is 10.2 Å². The van der Waals surface area contributed by atoms with E-state index in [2.05, 4.69) is 39.1 Å². The summed E-state index contributed by atoms with van der Waals surface area (Å²) in [5.74, 6) is -0.697. The maximum atomic E-state index is 14.5. The van der Waals surface area contributed by atoms with E-state index in [-0.39, 0.29) is 34.9 Å². The van der Waals surface area contributed by atoms with Crippen LogP contribution in [0.2, 0.25) is 0 Å². The Kier molecular flexibility index (Phi) is 5.46. The van der Waals surface area contributed by atoms with Crippen molar-refractivity contribution >= 4 is 9.84 Å². The number of sulfone groups is 1. The molecule has 3 aromatic heterocycles. The summed E-state index contributed by atoms with van der Waals surface area (Å²) in [5.41, 5.74) is 1.55. The number of fused-ring (bicyclic) bond motifs is 5. The minimum absolute atomic E-state index is 0.0520. The maximum absolute atomic E-state index is 14.5. The van der Waals surface area contributed by atoms with Gasteiger partial charge in [-0.25, -0.2) is 32.2 Å².